The molecule has 1 unspecified atom stereocenters. The summed E-state index contributed by atoms with van der Waals surface area (Å²) in [6.07, 6.45) is 1.88. The fourth-order valence-corrected chi connectivity index (χ4v) is 3.37. The van der Waals surface area contributed by atoms with Gasteiger partial charge in [-0.2, -0.15) is 4.68 Å². The first-order chi connectivity index (χ1) is 12.1. The average molecular weight is 362 g/mol. The van der Waals surface area contributed by atoms with Gasteiger partial charge in [0.2, 0.25) is 5.89 Å². The Morgan fingerprint density at radius 2 is 2.20 bits per heavy atom. The smallest absolute Gasteiger partial charge is 0.314 e. The van der Waals surface area contributed by atoms with Gasteiger partial charge in [0.25, 0.3) is 4.84 Å². The van der Waals surface area contributed by atoms with Crippen molar-refractivity contribution in [3.8, 4) is 11.5 Å². The van der Waals surface area contributed by atoms with E-state index in [-0.39, 0.29) is 11.9 Å². The Kier molecular flexibility index (Phi) is 5.65. The number of hydrogen-bond acceptors (Lipinski definition) is 5. The molecule has 0 saturated carbocycles. The maximum atomic E-state index is 12.0. The van der Waals surface area contributed by atoms with E-state index in [0.29, 0.717) is 24.0 Å². The molecule has 1 aliphatic heterocycles. The van der Waals surface area contributed by atoms with Gasteiger partial charge in [-0.25, -0.2) is 0 Å². The van der Waals surface area contributed by atoms with Gasteiger partial charge in [-0.3, -0.25) is 4.79 Å². The molecule has 1 aliphatic rings. The van der Waals surface area contributed by atoms with Crippen LogP contribution in [0.4, 0.5) is 0 Å². The number of nitrogens with one attached hydrogen (secondary N) is 1. The Morgan fingerprint density at radius 3 is 2.92 bits per heavy atom. The summed E-state index contributed by atoms with van der Waals surface area (Å²) in [5.74, 6) is 0.397. The molecule has 2 atom stereocenters. The van der Waals surface area contributed by atoms with Crippen molar-refractivity contribution < 1.29 is 18.8 Å². The van der Waals surface area contributed by atoms with E-state index in [4.69, 9.17) is 21.4 Å². The van der Waals surface area contributed by atoms with Crippen molar-refractivity contribution in [2.75, 3.05) is 19.7 Å². The third-order valence-corrected chi connectivity index (χ3v) is 4.81. The minimum absolute atomic E-state index is 0.0404. The Hall–Kier alpha value is -1.99. The highest BCUT2D eigenvalue weighted by Crippen LogP contribution is 2.18. The number of rotatable bonds is 5. The first-order valence-electron chi connectivity index (χ1n) is 8.72. The van der Waals surface area contributed by atoms with Crippen molar-refractivity contribution in [1.82, 2.24) is 9.78 Å². The van der Waals surface area contributed by atoms with Gasteiger partial charge in [0.15, 0.2) is 6.67 Å². The van der Waals surface area contributed by atoms with Crippen LogP contribution in [-0.2, 0) is 16.2 Å². The van der Waals surface area contributed by atoms with Gasteiger partial charge in [0.05, 0.1) is 19.7 Å². The molecule has 1 aromatic heterocycles. The van der Waals surface area contributed by atoms with E-state index in [9.17, 15) is 4.79 Å². The zero-order valence-electron chi connectivity index (χ0n) is 14.7. The van der Waals surface area contributed by atoms with Crippen LogP contribution in [0.1, 0.15) is 25.3 Å². The fourth-order valence-electron chi connectivity index (χ4n) is 3.19. The molecular weight excluding hydrogens is 338 g/mol. The number of benzene rings is 1. The van der Waals surface area contributed by atoms with Gasteiger partial charge in [-0.15, -0.1) is 5.10 Å². The summed E-state index contributed by atoms with van der Waals surface area (Å²) in [5.41, 5.74) is 2.10. The number of piperidine rings is 1. The lowest BCUT2D eigenvalue weighted by Crippen LogP contribution is -3.13. The van der Waals surface area contributed by atoms with Crippen LogP contribution in [0.15, 0.2) is 28.7 Å². The summed E-state index contributed by atoms with van der Waals surface area (Å²) < 4.78 is 12.5. The lowest BCUT2D eigenvalue weighted by Gasteiger charge is -2.28. The molecule has 1 fully saturated rings. The van der Waals surface area contributed by atoms with Crippen LogP contribution in [0.25, 0.3) is 11.5 Å². The van der Waals surface area contributed by atoms with Crippen molar-refractivity contribution in [3.63, 3.8) is 0 Å². The van der Waals surface area contributed by atoms with Gasteiger partial charge < -0.3 is 14.1 Å². The highest BCUT2D eigenvalue weighted by molar-refractivity contribution is 7.71. The van der Waals surface area contributed by atoms with Gasteiger partial charge in [0, 0.05) is 5.56 Å². The standard InChI is InChI=1S/C18H23N3O3S/c1-3-23-17(22)15-5-4-10-20(11-15)12-21-18(25)24-16(19-21)14-8-6-13(2)7-9-14/h6-9,15H,3-5,10-12H2,1-2H3/p+1/t15-/m1/s1. The Balaban J connectivity index is 1.69. The average Bonchev–Trinajstić information content (AvgIpc) is 2.97. The number of quaternary nitrogens is 1. The molecule has 0 amide bonds. The highest BCUT2D eigenvalue weighted by Gasteiger charge is 2.30. The monoisotopic (exact) mass is 362 g/mol. The minimum atomic E-state index is -0.0937. The molecule has 1 saturated heterocycles. The molecule has 0 spiro atoms. The van der Waals surface area contributed by atoms with Crippen LogP contribution in [0, 0.1) is 17.7 Å². The first-order valence-corrected chi connectivity index (χ1v) is 9.13. The molecule has 134 valence electrons. The highest BCUT2D eigenvalue weighted by atomic mass is 32.1. The fraction of sp³-hybridized carbons (Fsp3) is 0.500. The maximum absolute atomic E-state index is 12.0. The van der Waals surface area contributed by atoms with Crippen LogP contribution < -0.4 is 4.90 Å². The molecule has 3 rings (SSSR count). The summed E-state index contributed by atoms with van der Waals surface area (Å²) in [6, 6.07) is 8.00. The van der Waals surface area contributed by atoms with Crippen molar-refractivity contribution in [2.45, 2.75) is 33.4 Å². The zero-order valence-corrected chi connectivity index (χ0v) is 15.5. The predicted molar refractivity (Wildman–Crippen MR) is 95.6 cm³/mol. The van der Waals surface area contributed by atoms with Crippen LogP contribution in [-0.4, -0.2) is 35.4 Å². The summed E-state index contributed by atoms with van der Waals surface area (Å²) in [7, 11) is 0. The number of nitrogens with zero attached hydrogens (tertiary/aromatic N) is 2. The second-order valence-corrected chi connectivity index (χ2v) is 6.84. The lowest BCUT2D eigenvalue weighted by atomic mass is 9.99. The van der Waals surface area contributed by atoms with E-state index in [2.05, 4.69) is 5.10 Å². The van der Waals surface area contributed by atoms with E-state index in [1.54, 1.807) is 4.68 Å². The Bertz CT molecular complexity index is 782. The van der Waals surface area contributed by atoms with Gasteiger partial charge in [-0.1, -0.05) is 17.7 Å². The van der Waals surface area contributed by atoms with Gasteiger partial charge >= 0.3 is 5.97 Å². The number of aryl methyl sites for hydroxylation is 1. The van der Waals surface area contributed by atoms with Gasteiger partial charge in [-0.05, 0) is 51.0 Å². The number of likely N-dealkylation sites (tertiary alicyclic amines) is 1. The summed E-state index contributed by atoms with van der Waals surface area (Å²) in [6.45, 7) is 6.64. The molecule has 6 nitrogen and oxygen atoms in total. The molecule has 0 radical (unpaired) electrons. The van der Waals surface area contributed by atoms with E-state index < -0.39 is 0 Å². The molecular formula is C18H24N3O3S+. The predicted octanol–water partition coefficient (Wildman–Crippen LogP) is 2.00. The number of ether oxygens (including phenoxy) is 1. The third kappa shape index (κ3) is 4.35. The molecule has 0 aliphatic carbocycles. The third-order valence-electron chi connectivity index (χ3n) is 4.52. The number of esters is 1. The summed E-state index contributed by atoms with van der Waals surface area (Å²) in [5, 5.41) is 4.52. The molecule has 1 aromatic carbocycles. The quantitative estimate of drug-likeness (QED) is 0.651. The largest absolute Gasteiger partial charge is 0.466 e. The minimum Gasteiger partial charge on any atom is -0.466 e. The van der Waals surface area contributed by atoms with Gasteiger partial charge in [0.1, 0.15) is 5.92 Å². The molecule has 1 N–H and O–H groups in total. The molecule has 7 heteroatoms. The van der Waals surface area contributed by atoms with Crippen LogP contribution in [0.2, 0.25) is 0 Å². The number of aromatic nitrogens is 2. The normalized spacial score (nSPS) is 20.4. The van der Waals surface area contributed by atoms with Crippen LogP contribution in [0.5, 0.6) is 0 Å². The molecule has 2 aromatic rings. The van der Waals surface area contributed by atoms with Crippen molar-refractivity contribution >= 4 is 18.2 Å². The van der Waals surface area contributed by atoms with Crippen molar-refractivity contribution in [2.24, 2.45) is 5.92 Å². The Morgan fingerprint density at radius 1 is 1.44 bits per heavy atom. The SMILES string of the molecule is CCOC(=O)[C@@H]1CCC[NH+](Cn2nc(-c3ccc(C)cc3)oc2=S)C1. The van der Waals surface area contributed by atoms with E-state index in [1.165, 1.54) is 10.5 Å². The maximum Gasteiger partial charge on any atom is 0.314 e. The van der Waals surface area contributed by atoms with E-state index >= 15 is 0 Å². The van der Waals surface area contributed by atoms with Crippen LogP contribution in [0.3, 0.4) is 0 Å². The molecule has 2 heterocycles. The van der Waals surface area contributed by atoms with Crippen molar-refractivity contribution in [3.05, 3.63) is 34.7 Å². The number of carbonyl (C=O) groups excluding carboxylic acids is 1. The van der Waals surface area contributed by atoms with E-state index in [1.807, 2.05) is 38.1 Å². The number of carbonyl (C=O) groups is 1. The topological polar surface area (TPSA) is 61.7 Å². The second kappa shape index (κ2) is 7.93. The number of hydrogen-bond donors (Lipinski definition) is 1. The Labute approximate surface area is 152 Å². The summed E-state index contributed by atoms with van der Waals surface area (Å²) in [4.78, 5) is 13.6. The van der Waals surface area contributed by atoms with E-state index in [0.717, 1.165) is 31.5 Å². The zero-order chi connectivity index (χ0) is 17.8. The molecule has 0 bridgehead atoms. The molecule has 25 heavy (non-hydrogen) atoms. The van der Waals surface area contributed by atoms with Crippen LogP contribution >= 0.6 is 12.2 Å². The summed E-state index contributed by atoms with van der Waals surface area (Å²) >= 11 is 5.32. The first kappa shape index (κ1) is 17.8. The lowest BCUT2D eigenvalue weighted by molar-refractivity contribution is -0.930. The van der Waals surface area contributed by atoms with Crippen molar-refractivity contribution in [1.29, 1.82) is 0 Å². The second-order valence-electron chi connectivity index (χ2n) is 6.49.